The van der Waals surface area contributed by atoms with Crippen molar-refractivity contribution in [2.24, 2.45) is 0 Å². The minimum Gasteiger partial charge on any atom is -0.319 e. The molecule has 2 aromatic heterocycles. The van der Waals surface area contributed by atoms with Crippen molar-refractivity contribution in [2.75, 3.05) is 5.32 Å². The second kappa shape index (κ2) is 4.78. The van der Waals surface area contributed by atoms with Crippen LogP contribution in [0, 0.1) is 6.92 Å². The molecule has 0 aliphatic heterocycles. The molecule has 0 unspecified atom stereocenters. The van der Waals surface area contributed by atoms with Gasteiger partial charge in [-0.3, -0.25) is 9.78 Å². The van der Waals surface area contributed by atoms with Crippen molar-refractivity contribution in [3.63, 3.8) is 0 Å². The number of fused-ring (bicyclic) bond motifs is 1. The molecule has 1 N–H and O–H groups in total. The lowest BCUT2D eigenvalue weighted by Crippen LogP contribution is -2.13. The van der Waals surface area contributed by atoms with E-state index in [0.717, 1.165) is 15.8 Å². The zero-order chi connectivity index (χ0) is 13.2. The molecule has 19 heavy (non-hydrogen) atoms. The van der Waals surface area contributed by atoms with Gasteiger partial charge in [-0.15, -0.1) is 11.3 Å². The van der Waals surface area contributed by atoms with Crippen LogP contribution in [0.2, 0.25) is 0 Å². The van der Waals surface area contributed by atoms with E-state index >= 15 is 0 Å². The molecule has 0 saturated heterocycles. The molecule has 2 heterocycles. The van der Waals surface area contributed by atoms with Crippen molar-refractivity contribution in [3.8, 4) is 0 Å². The maximum absolute atomic E-state index is 12.1. The van der Waals surface area contributed by atoms with E-state index in [1.807, 2.05) is 37.3 Å². The van der Waals surface area contributed by atoms with Gasteiger partial charge in [-0.2, -0.15) is 0 Å². The average molecular weight is 269 g/mol. The van der Waals surface area contributed by atoms with Crippen LogP contribution >= 0.6 is 11.3 Å². The molecule has 0 atom stereocenters. The number of nitrogens with zero attached hydrogens (tertiary/aromatic N) is 2. The van der Waals surface area contributed by atoms with Gasteiger partial charge in [0.15, 0.2) is 0 Å². The first-order valence-corrected chi connectivity index (χ1v) is 6.69. The number of carbonyl (C=O) groups excluding carboxylic acids is 1. The molecule has 0 saturated carbocycles. The average Bonchev–Trinajstić information content (AvgIpc) is 2.85. The first-order valence-electron chi connectivity index (χ1n) is 5.81. The van der Waals surface area contributed by atoms with Crippen LogP contribution in [0.4, 0.5) is 5.69 Å². The maximum Gasteiger partial charge on any atom is 0.275 e. The van der Waals surface area contributed by atoms with E-state index in [0.29, 0.717) is 11.4 Å². The minimum atomic E-state index is -0.197. The third kappa shape index (κ3) is 2.20. The molecular weight excluding hydrogens is 258 g/mol. The monoisotopic (exact) mass is 269 g/mol. The molecule has 5 heteroatoms. The summed E-state index contributed by atoms with van der Waals surface area (Å²) in [6.07, 6.45) is 1.71. The van der Waals surface area contributed by atoms with Gasteiger partial charge in [0.25, 0.3) is 5.91 Å². The lowest BCUT2D eigenvalue weighted by atomic mass is 10.2. The van der Waals surface area contributed by atoms with E-state index in [1.165, 1.54) is 11.3 Å². The summed E-state index contributed by atoms with van der Waals surface area (Å²) in [5.41, 5.74) is 3.63. The van der Waals surface area contributed by atoms with E-state index < -0.39 is 0 Å². The van der Waals surface area contributed by atoms with Gasteiger partial charge < -0.3 is 5.32 Å². The Kier molecular flexibility index (Phi) is 2.97. The Morgan fingerprint density at radius 2 is 2.05 bits per heavy atom. The lowest BCUT2D eigenvalue weighted by molar-refractivity contribution is 0.102. The number of aryl methyl sites for hydroxylation is 1. The zero-order valence-electron chi connectivity index (χ0n) is 10.3. The summed E-state index contributed by atoms with van der Waals surface area (Å²) in [6.45, 7) is 1.88. The van der Waals surface area contributed by atoms with Crippen molar-refractivity contribution in [1.29, 1.82) is 0 Å². The van der Waals surface area contributed by atoms with Crippen molar-refractivity contribution in [3.05, 3.63) is 52.6 Å². The highest BCUT2D eigenvalue weighted by atomic mass is 32.1. The topological polar surface area (TPSA) is 54.9 Å². The van der Waals surface area contributed by atoms with Gasteiger partial charge in [0, 0.05) is 16.5 Å². The van der Waals surface area contributed by atoms with Crippen LogP contribution in [0.5, 0.6) is 0 Å². The van der Waals surface area contributed by atoms with Crippen molar-refractivity contribution < 1.29 is 4.79 Å². The quantitative estimate of drug-likeness (QED) is 0.777. The number of carbonyl (C=O) groups is 1. The summed E-state index contributed by atoms with van der Waals surface area (Å²) in [5, 5.41) is 3.87. The number of thiazole rings is 1. The first kappa shape index (κ1) is 11.8. The van der Waals surface area contributed by atoms with Crippen LogP contribution in [-0.4, -0.2) is 15.9 Å². The van der Waals surface area contributed by atoms with Gasteiger partial charge in [-0.1, -0.05) is 18.2 Å². The van der Waals surface area contributed by atoms with Crippen LogP contribution in [0.1, 0.15) is 15.4 Å². The van der Waals surface area contributed by atoms with Gasteiger partial charge in [-0.05, 0) is 19.1 Å². The third-order valence-corrected chi connectivity index (χ3v) is 3.60. The fourth-order valence-electron chi connectivity index (χ4n) is 1.91. The largest absolute Gasteiger partial charge is 0.319 e. The molecule has 1 amide bonds. The van der Waals surface area contributed by atoms with E-state index in [-0.39, 0.29) is 5.91 Å². The molecule has 0 aliphatic rings. The highest BCUT2D eigenvalue weighted by Crippen LogP contribution is 2.22. The van der Waals surface area contributed by atoms with Gasteiger partial charge >= 0.3 is 0 Å². The summed E-state index contributed by atoms with van der Waals surface area (Å²) in [4.78, 5) is 21.4. The highest BCUT2D eigenvalue weighted by molar-refractivity contribution is 7.09. The lowest BCUT2D eigenvalue weighted by Gasteiger charge is -2.07. The minimum absolute atomic E-state index is 0.197. The number of pyridine rings is 1. The number of benzene rings is 1. The molecule has 0 spiro atoms. The molecule has 0 aliphatic carbocycles. The Labute approximate surface area is 114 Å². The summed E-state index contributed by atoms with van der Waals surface area (Å²) in [6, 6.07) is 9.54. The molecule has 4 nitrogen and oxygen atoms in total. The van der Waals surface area contributed by atoms with Gasteiger partial charge in [0.1, 0.15) is 5.69 Å². The molecule has 0 radical (unpaired) electrons. The number of nitrogens with one attached hydrogen (secondary N) is 1. The maximum atomic E-state index is 12.1. The van der Waals surface area contributed by atoms with Crippen molar-refractivity contribution in [1.82, 2.24) is 9.97 Å². The first-order chi connectivity index (χ1) is 9.25. The molecule has 94 valence electrons. The second-order valence-electron chi connectivity index (χ2n) is 4.09. The smallest absolute Gasteiger partial charge is 0.275 e. The predicted octanol–water partition coefficient (Wildman–Crippen LogP) is 3.25. The van der Waals surface area contributed by atoms with E-state index in [2.05, 4.69) is 15.3 Å². The Balaban J connectivity index is 1.98. The summed E-state index contributed by atoms with van der Waals surface area (Å²) < 4.78 is 0. The third-order valence-electron chi connectivity index (χ3n) is 2.84. The van der Waals surface area contributed by atoms with E-state index in [9.17, 15) is 4.79 Å². The Bertz CT molecular complexity index is 746. The normalized spacial score (nSPS) is 10.6. The van der Waals surface area contributed by atoms with Gasteiger partial charge in [0.2, 0.25) is 0 Å². The predicted molar refractivity (Wildman–Crippen MR) is 76.5 cm³/mol. The fourth-order valence-corrected chi connectivity index (χ4v) is 2.48. The van der Waals surface area contributed by atoms with Crippen molar-refractivity contribution in [2.45, 2.75) is 6.92 Å². The van der Waals surface area contributed by atoms with Gasteiger partial charge in [-0.25, -0.2) is 4.98 Å². The Morgan fingerprint density at radius 3 is 2.84 bits per heavy atom. The van der Waals surface area contributed by atoms with E-state index in [1.54, 1.807) is 11.7 Å². The van der Waals surface area contributed by atoms with Crippen LogP contribution in [-0.2, 0) is 0 Å². The van der Waals surface area contributed by atoms with Crippen molar-refractivity contribution >= 4 is 33.8 Å². The summed E-state index contributed by atoms with van der Waals surface area (Å²) in [5.74, 6) is -0.197. The summed E-state index contributed by atoms with van der Waals surface area (Å²) >= 11 is 1.46. The molecular formula is C14H11N3OS. The van der Waals surface area contributed by atoms with Crippen LogP contribution in [0.3, 0.4) is 0 Å². The number of rotatable bonds is 2. The van der Waals surface area contributed by atoms with Crippen LogP contribution in [0.25, 0.3) is 10.9 Å². The van der Waals surface area contributed by atoms with E-state index in [4.69, 9.17) is 0 Å². The number of amides is 1. The SMILES string of the molecule is Cc1scnc1C(=O)Nc1cccc2cccnc12. The van der Waals surface area contributed by atoms with Crippen LogP contribution < -0.4 is 5.32 Å². The molecule has 0 bridgehead atoms. The number of aromatic nitrogens is 2. The van der Waals surface area contributed by atoms with Gasteiger partial charge in [0.05, 0.1) is 16.7 Å². The van der Waals surface area contributed by atoms with Crippen LogP contribution in [0.15, 0.2) is 42.0 Å². The second-order valence-corrected chi connectivity index (χ2v) is 5.15. The molecule has 3 rings (SSSR count). The number of anilines is 1. The number of para-hydroxylation sites is 1. The molecule has 1 aromatic carbocycles. The Hall–Kier alpha value is -2.27. The molecule has 3 aromatic rings. The fraction of sp³-hybridized carbons (Fsp3) is 0.0714. The number of hydrogen-bond donors (Lipinski definition) is 1. The molecule has 0 fully saturated rings. The Morgan fingerprint density at radius 1 is 1.21 bits per heavy atom. The highest BCUT2D eigenvalue weighted by Gasteiger charge is 2.13. The summed E-state index contributed by atoms with van der Waals surface area (Å²) in [7, 11) is 0. The number of hydrogen-bond acceptors (Lipinski definition) is 4. The zero-order valence-corrected chi connectivity index (χ0v) is 11.1. The standard InChI is InChI=1S/C14H11N3OS/c1-9-12(16-8-19-9)14(18)17-11-6-2-4-10-5-3-7-15-13(10)11/h2-8H,1H3,(H,17,18).